The van der Waals surface area contributed by atoms with Crippen LogP contribution in [0.15, 0.2) is 59.6 Å². The van der Waals surface area contributed by atoms with Gasteiger partial charge >= 0.3 is 6.09 Å². The first-order valence-corrected chi connectivity index (χ1v) is 12.0. The Morgan fingerprint density at radius 3 is 2.58 bits per heavy atom. The maximum Gasteiger partial charge on any atom is 0.409 e. The number of pyridine rings is 2. The fourth-order valence-electron chi connectivity index (χ4n) is 4.14. The number of carbonyl (C=O) groups excluding carboxylic acids is 2. The van der Waals surface area contributed by atoms with Gasteiger partial charge in [0.25, 0.3) is 5.91 Å². The quantitative estimate of drug-likeness (QED) is 0.407. The van der Waals surface area contributed by atoms with Gasteiger partial charge in [0, 0.05) is 44.1 Å². The van der Waals surface area contributed by atoms with Gasteiger partial charge in [0.1, 0.15) is 12.3 Å². The summed E-state index contributed by atoms with van der Waals surface area (Å²) in [5, 5.41) is 5.17. The van der Waals surface area contributed by atoms with Crippen molar-refractivity contribution in [2.75, 3.05) is 32.8 Å². The highest BCUT2D eigenvalue weighted by molar-refractivity contribution is 6.06. The highest BCUT2D eigenvalue weighted by Crippen LogP contribution is 2.26. The highest BCUT2D eigenvalue weighted by Gasteiger charge is 2.28. The number of fused-ring (bicyclic) bond motifs is 1. The van der Waals surface area contributed by atoms with E-state index in [1.807, 2.05) is 38.1 Å². The van der Waals surface area contributed by atoms with Crippen LogP contribution in [0.1, 0.15) is 30.0 Å². The van der Waals surface area contributed by atoms with Gasteiger partial charge in [-0.05, 0) is 36.2 Å². The molecule has 5 heterocycles. The summed E-state index contributed by atoms with van der Waals surface area (Å²) in [5.41, 5.74) is 2.54. The fourth-order valence-corrected chi connectivity index (χ4v) is 4.14. The molecule has 0 bridgehead atoms. The van der Waals surface area contributed by atoms with E-state index >= 15 is 0 Å². The molecular formula is C26H28N6O4. The summed E-state index contributed by atoms with van der Waals surface area (Å²) in [6.45, 7) is 6.45. The van der Waals surface area contributed by atoms with Crippen molar-refractivity contribution >= 4 is 23.0 Å². The molecule has 2 amide bonds. The molecule has 0 N–H and O–H groups in total. The molecule has 0 unspecified atom stereocenters. The minimum absolute atomic E-state index is 0.125. The minimum atomic E-state index is -0.333. The monoisotopic (exact) mass is 488 g/mol. The molecule has 36 heavy (non-hydrogen) atoms. The van der Waals surface area contributed by atoms with E-state index in [-0.39, 0.29) is 17.9 Å². The van der Waals surface area contributed by atoms with E-state index in [1.54, 1.807) is 45.4 Å². The number of rotatable bonds is 6. The van der Waals surface area contributed by atoms with Gasteiger partial charge in [0.15, 0.2) is 5.65 Å². The van der Waals surface area contributed by atoms with Crippen LogP contribution in [0.4, 0.5) is 4.79 Å². The number of ether oxygens (including phenoxy) is 1. The van der Waals surface area contributed by atoms with Crippen LogP contribution in [-0.2, 0) is 11.3 Å². The molecular weight excluding hydrogens is 460 g/mol. The molecule has 186 valence electrons. The summed E-state index contributed by atoms with van der Waals surface area (Å²) in [7, 11) is 0. The molecule has 0 spiro atoms. The lowest BCUT2D eigenvalue weighted by molar-refractivity contribution is 0.0536. The second kappa shape index (κ2) is 10.2. The Morgan fingerprint density at radius 1 is 1.08 bits per heavy atom. The SMILES string of the molecule is CC(C)COC(=O)N1CCN(C(=O)c2cc(-c3cccnc3)nc3c2cnn3Cc2ccco2)CC1. The number of amides is 2. The molecule has 1 aliphatic rings. The number of nitrogens with zero attached hydrogens (tertiary/aromatic N) is 6. The van der Waals surface area contributed by atoms with Crippen LogP contribution in [0.5, 0.6) is 0 Å². The third kappa shape index (κ3) is 4.93. The highest BCUT2D eigenvalue weighted by atomic mass is 16.6. The second-order valence-corrected chi connectivity index (χ2v) is 9.17. The summed E-state index contributed by atoms with van der Waals surface area (Å²) in [6.07, 6.45) is 6.37. The van der Waals surface area contributed by atoms with Crippen LogP contribution in [0.25, 0.3) is 22.3 Å². The van der Waals surface area contributed by atoms with Gasteiger partial charge in [-0.25, -0.2) is 14.5 Å². The third-order valence-electron chi connectivity index (χ3n) is 6.05. The van der Waals surface area contributed by atoms with Gasteiger partial charge in [-0.3, -0.25) is 9.78 Å². The molecule has 1 fully saturated rings. The number of carbonyl (C=O) groups is 2. The molecule has 1 saturated heterocycles. The number of hydrogen-bond acceptors (Lipinski definition) is 7. The molecule has 5 rings (SSSR count). The first-order chi connectivity index (χ1) is 17.5. The topological polar surface area (TPSA) is 107 Å². The van der Waals surface area contributed by atoms with Crippen LogP contribution in [0, 0.1) is 5.92 Å². The Kier molecular flexibility index (Phi) is 6.66. The number of aromatic nitrogens is 4. The summed E-state index contributed by atoms with van der Waals surface area (Å²) in [5.74, 6) is 0.885. The van der Waals surface area contributed by atoms with Crippen molar-refractivity contribution in [1.29, 1.82) is 0 Å². The van der Waals surface area contributed by atoms with Crippen LogP contribution < -0.4 is 0 Å². The molecule has 0 radical (unpaired) electrons. The molecule has 0 aliphatic carbocycles. The summed E-state index contributed by atoms with van der Waals surface area (Å²) in [6, 6.07) is 9.23. The second-order valence-electron chi connectivity index (χ2n) is 9.17. The predicted molar refractivity (Wildman–Crippen MR) is 132 cm³/mol. The zero-order chi connectivity index (χ0) is 25.1. The largest absolute Gasteiger partial charge is 0.467 e. The molecule has 4 aromatic heterocycles. The van der Waals surface area contributed by atoms with Crippen molar-refractivity contribution in [3.05, 3.63) is 66.5 Å². The van der Waals surface area contributed by atoms with Gasteiger partial charge in [-0.15, -0.1) is 0 Å². The number of hydrogen-bond donors (Lipinski definition) is 0. The Labute approximate surface area is 208 Å². The van der Waals surface area contributed by atoms with Crippen molar-refractivity contribution in [2.45, 2.75) is 20.4 Å². The first-order valence-electron chi connectivity index (χ1n) is 12.0. The Hall–Kier alpha value is -4.21. The van der Waals surface area contributed by atoms with Gasteiger partial charge < -0.3 is 19.0 Å². The lowest BCUT2D eigenvalue weighted by atomic mass is 10.1. The molecule has 0 aromatic carbocycles. The lowest BCUT2D eigenvalue weighted by Gasteiger charge is -2.34. The van der Waals surface area contributed by atoms with Crippen LogP contribution in [0.3, 0.4) is 0 Å². The maximum atomic E-state index is 13.7. The summed E-state index contributed by atoms with van der Waals surface area (Å²) in [4.78, 5) is 38.5. The molecule has 1 aliphatic heterocycles. The zero-order valence-corrected chi connectivity index (χ0v) is 20.3. The smallest absolute Gasteiger partial charge is 0.409 e. The van der Waals surface area contributed by atoms with Crippen LogP contribution >= 0.6 is 0 Å². The molecule has 0 saturated carbocycles. The lowest BCUT2D eigenvalue weighted by Crippen LogP contribution is -2.50. The standard InChI is InChI=1S/C26H28N6O4/c1-18(2)17-36-26(34)31-10-8-30(9-11-31)25(33)21-13-23(19-5-3-7-27-14-19)29-24-22(21)15-28-32(24)16-20-6-4-12-35-20/h3-7,12-15,18H,8-11,16-17H2,1-2H3. The number of piperazine rings is 1. The molecule has 4 aromatic rings. The summed E-state index contributed by atoms with van der Waals surface area (Å²) < 4.78 is 12.6. The van der Waals surface area contributed by atoms with Crippen LogP contribution in [0.2, 0.25) is 0 Å². The Balaban J connectivity index is 1.42. The normalized spacial score (nSPS) is 14.0. The molecule has 10 nitrogen and oxygen atoms in total. The van der Waals surface area contributed by atoms with Gasteiger partial charge in [0.2, 0.25) is 0 Å². The average Bonchev–Trinajstić information content (AvgIpc) is 3.57. The van der Waals surface area contributed by atoms with Crippen molar-refractivity contribution in [2.24, 2.45) is 5.92 Å². The van der Waals surface area contributed by atoms with Crippen molar-refractivity contribution < 1.29 is 18.7 Å². The van der Waals surface area contributed by atoms with Gasteiger partial charge in [-0.1, -0.05) is 13.8 Å². The third-order valence-corrected chi connectivity index (χ3v) is 6.05. The van der Waals surface area contributed by atoms with Crippen molar-refractivity contribution in [3.63, 3.8) is 0 Å². The minimum Gasteiger partial charge on any atom is -0.467 e. The summed E-state index contributed by atoms with van der Waals surface area (Å²) >= 11 is 0. The predicted octanol–water partition coefficient (Wildman–Crippen LogP) is 3.69. The van der Waals surface area contributed by atoms with E-state index in [1.165, 1.54) is 0 Å². The average molecular weight is 489 g/mol. The van der Waals surface area contributed by atoms with E-state index in [4.69, 9.17) is 14.1 Å². The van der Waals surface area contributed by atoms with E-state index in [0.29, 0.717) is 61.6 Å². The van der Waals surface area contributed by atoms with Gasteiger partial charge in [-0.2, -0.15) is 5.10 Å². The zero-order valence-electron chi connectivity index (χ0n) is 20.3. The van der Waals surface area contributed by atoms with Crippen molar-refractivity contribution in [1.82, 2.24) is 29.5 Å². The van der Waals surface area contributed by atoms with E-state index in [0.717, 1.165) is 11.3 Å². The fraction of sp³-hybridized carbons (Fsp3) is 0.346. The van der Waals surface area contributed by atoms with Crippen LogP contribution in [-0.4, -0.2) is 74.3 Å². The van der Waals surface area contributed by atoms with Crippen molar-refractivity contribution in [3.8, 4) is 11.3 Å². The number of furan rings is 1. The van der Waals surface area contributed by atoms with E-state index < -0.39 is 0 Å². The van der Waals surface area contributed by atoms with E-state index in [9.17, 15) is 9.59 Å². The van der Waals surface area contributed by atoms with Gasteiger partial charge in [0.05, 0.1) is 35.7 Å². The van der Waals surface area contributed by atoms with E-state index in [2.05, 4.69) is 10.1 Å². The molecule has 10 heteroatoms. The maximum absolute atomic E-state index is 13.7. The Morgan fingerprint density at radius 2 is 1.89 bits per heavy atom. The first kappa shape index (κ1) is 23.5. The Bertz CT molecular complexity index is 1340. The molecule has 0 atom stereocenters.